The van der Waals surface area contributed by atoms with Crippen LogP contribution in [0.25, 0.3) is 21.9 Å². The summed E-state index contributed by atoms with van der Waals surface area (Å²) >= 11 is 0. The van der Waals surface area contributed by atoms with Gasteiger partial charge in [-0.05, 0) is 35.2 Å². The second-order valence-corrected chi connectivity index (χ2v) is 6.92. The molecular formula is C21H17NO5. The van der Waals surface area contributed by atoms with Gasteiger partial charge in [0.15, 0.2) is 23.0 Å². The third-order valence-electron chi connectivity index (χ3n) is 5.41. The van der Waals surface area contributed by atoms with E-state index in [0.717, 1.165) is 57.0 Å². The zero-order chi connectivity index (χ0) is 18.1. The summed E-state index contributed by atoms with van der Waals surface area (Å²) in [5, 5.41) is 2.28. The quantitative estimate of drug-likeness (QED) is 0.654. The molecule has 6 heteroatoms. The molecule has 0 amide bonds. The van der Waals surface area contributed by atoms with E-state index < -0.39 is 6.48 Å². The van der Waals surface area contributed by atoms with Gasteiger partial charge < -0.3 is 28.6 Å². The molecule has 0 fully saturated rings. The van der Waals surface area contributed by atoms with Crippen molar-refractivity contribution in [3.05, 3.63) is 42.0 Å². The number of fused-ring (bicyclic) bond motifs is 8. The molecule has 3 heterocycles. The fourth-order valence-corrected chi connectivity index (χ4v) is 4.20. The predicted molar refractivity (Wildman–Crippen MR) is 99.7 cm³/mol. The Balaban J connectivity index is 1.59. The molecule has 6 nitrogen and oxygen atoms in total. The van der Waals surface area contributed by atoms with E-state index in [1.54, 1.807) is 7.11 Å². The molecule has 0 bridgehead atoms. The predicted octanol–water partition coefficient (Wildman–Crippen LogP) is 3.89. The Kier molecular flexibility index (Phi) is 2.89. The fourth-order valence-electron chi connectivity index (χ4n) is 4.20. The molecule has 0 radical (unpaired) electrons. The van der Waals surface area contributed by atoms with Crippen molar-refractivity contribution in [2.24, 2.45) is 0 Å². The molecule has 136 valence electrons. The van der Waals surface area contributed by atoms with Gasteiger partial charge in [-0.25, -0.2) is 0 Å². The molecule has 0 saturated carbocycles. The van der Waals surface area contributed by atoms with Gasteiger partial charge in [0.25, 0.3) is 0 Å². The Bertz CT molecular complexity index is 1110. The molecule has 0 N–H and O–H groups in total. The molecule has 1 unspecified atom stereocenters. The lowest BCUT2D eigenvalue weighted by Crippen LogP contribution is -2.23. The summed E-state index contributed by atoms with van der Waals surface area (Å²) in [7, 11) is 3.66. The van der Waals surface area contributed by atoms with Gasteiger partial charge in [-0.2, -0.15) is 0 Å². The Morgan fingerprint density at radius 1 is 0.963 bits per heavy atom. The molecule has 0 aliphatic carbocycles. The maximum absolute atomic E-state index is 5.86. The lowest BCUT2D eigenvalue weighted by atomic mass is 9.90. The van der Waals surface area contributed by atoms with Gasteiger partial charge in [0, 0.05) is 37.2 Å². The molecule has 0 spiro atoms. The summed E-state index contributed by atoms with van der Waals surface area (Å²) in [5.41, 5.74) is 4.61. The Hall–Kier alpha value is -3.12. The van der Waals surface area contributed by atoms with Crippen LogP contribution in [0.1, 0.15) is 5.56 Å². The number of hydrogen-bond acceptors (Lipinski definition) is 6. The van der Waals surface area contributed by atoms with Crippen LogP contribution in [0.15, 0.2) is 36.4 Å². The van der Waals surface area contributed by atoms with Gasteiger partial charge >= 0.3 is 6.48 Å². The highest BCUT2D eigenvalue weighted by Gasteiger charge is 2.32. The van der Waals surface area contributed by atoms with E-state index in [4.69, 9.17) is 23.7 Å². The van der Waals surface area contributed by atoms with Gasteiger partial charge in [0.1, 0.15) is 0 Å². The van der Waals surface area contributed by atoms with Crippen molar-refractivity contribution >= 4 is 16.5 Å². The van der Waals surface area contributed by atoms with E-state index in [1.807, 2.05) is 12.1 Å². The minimum atomic E-state index is -0.686. The van der Waals surface area contributed by atoms with Crippen molar-refractivity contribution in [2.75, 3.05) is 25.9 Å². The molecular weight excluding hydrogens is 346 g/mol. The van der Waals surface area contributed by atoms with Crippen molar-refractivity contribution < 1.29 is 23.7 Å². The monoisotopic (exact) mass is 363 g/mol. The van der Waals surface area contributed by atoms with Gasteiger partial charge in [-0.15, -0.1) is 0 Å². The minimum absolute atomic E-state index is 0.274. The summed E-state index contributed by atoms with van der Waals surface area (Å²) in [4.78, 5) is 2.24. The van der Waals surface area contributed by atoms with Crippen LogP contribution >= 0.6 is 0 Å². The molecule has 3 aliphatic rings. The fraction of sp³-hybridized carbons (Fsp3) is 0.238. The smallest absolute Gasteiger partial charge is 0.360 e. The van der Waals surface area contributed by atoms with Crippen LogP contribution in [-0.4, -0.2) is 27.4 Å². The lowest BCUT2D eigenvalue weighted by molar-refractivity contribution is -0.158. The average Bonchev–Trinajstić information content (AvgIpc) is 3.31. The molecule has 1 atom stereocenters. The van der Waals surface area contributed by atoms with Gasteiger partial charge in [0.2, 0.25) is 6.79 Å². The van der Waals surface area contributed by atoms with Crippen LogP contribution < -0.4 is 23.8 Å². The summed E-state index contributed by atoms with van der Waals surface area (Å²) in [6.07, 6.45) is 0. The zero-order valence-electron chi connectivity index (χ0n) is 14.9. The summed E-state index contributed by atoms with van der Waals surface area (Å²) in [6, 6.07) is 12.5. The van der Waals surface area contributed by atoms with Crippen molar-refractivity contribution in [1.29, 1.82) is 0 Å². The van der Waals surface area contributed by atoms with Crippen molar-refractivity contribution in [1.82, 2.24) is 0 Å². The first-order valence-corrected chi connectivity index (χ1v) is 8.83. The van der Waals surface area contributed by atoms with Crippen LogP contribution in [0.3, 0.4) is 0 Å². The number of methoxy groups -OCH3 is 1. The lowest BCUT2D eigenvalue weighted by Gasteiger charge is -2.31. The first-order chi connectivity index (χ1) is 13.2. The van der Waals surface area contributed by atoms with E-state index in [2.05, 4.69) is 36.2 Å². The largest absolute Gasteiger partial charge is 0.454 e. The van der Waals surface area contributed by atoms with Crippen molar-refractivity contribution in [3.63, 3.8) is 0 Å². The first kappa shape index (κ1) is 15.0. The number of rotatable bonds is 1. The number of nitrogens with zero attached hydrogens (tertiary/aromatic N) is 1. The first-order valence-electron chi connectivity index (χ1n) is 8.83. The molecule has 3 aromatic rings. The van der Waals surface area contributed by atoms with Crippen LogP contribution in [0.5, 0.6) is 23.0 Å². The van der Waals surface area contributed by atoms with Gasteiger partial charge in [-0.3, -0.25) is 0 Å². The molecule has 27 heavy (non-hydrogen) atoms. The van der Waals surface area contributed by atoms with Gasteiger partial charge in [0.05, 0.1) is 5.69 Å². The third kappa shape index (κ3) is 1.99. The van der Waals surface area contributed by atoms with Crippen molar-refractivity contribution in [3.8, 4) is 34.1 Å². The molecule has 0 aromatic heterocycles. The van der Waals surface area contributed by atoms with Crippen LogP contribution in [0.2, 0.25) is 0 Å². The topological polar surface area (TPSA) is 49.4 Å². The zero-order valence-corrected chi connectivity index (χ0v) is 14.9. The highest BCUT2D eigenvalue weighted by Crippen LogP contribution is 2.51. The highest BCUT2D eigenvalue weighted by molar-refractivity contribution is 6.05. The van der Waals surface area contributed by atoms with E-state index >= 15 is 0 Å². The third-order valence-corrected chi connectivity index (χ3v) is 5.41. The average molecular weight is 363 g/mol. The van der Waals surface area contributed by atoms with Gasteiger partial charge in [-0.1, -0.05) is 12.1 Å². The minimum Gasteiger partial charge on any atom is -0.454 e. The molecule has 3 aromatic carbocycles. The van der Waals surface area contributed by atoms with E-state index in [9.17, 15) is 0 Å². The Morgan fingerprint density at radius 3 is 2.63 bits per heavy atom. The maximum atomic E-state index is 5.86. The highest BCUT2D eigenvalue weighted by atomic mass is 16.9. The van der Waals surface area contributed by atoms with E-state index in [0.29, 0.717) is 0 Å². The summed E-state index contributed by atoms with van der Waals surface area (Å²) in [5.74, 6) is 3.09. The number of ether oxygens (including phenoxy) is 5. The van der Waals surface area contributed by atoms with Crippen molar-refractivity contribution in [2.45, 2.75) is 13.0 Å². The normalized spacial score (nSPS) is 18.6. The number of hydrogen-bond donors (Lipinski definition) is 0. The molecule has 6 rings (SSSR count). The SMILES string of the molecule is COC1Oc2ccc3c(c2O1)CN(C)c1c-3ccc2cc3c(cc12)OCO3. The van der Waals surface area contributed by atoms with Crippen LogP contribution in [-0.2, 0) is 11.3 Å². The molecule has 0 saturated heterocycles. The molecule has 3 aliphatic heterocycles. The van der Waals surface area contributed by atoms with E-state index in [1.165, 1.54) is 5.69 Å². The second-order valence-electron chi connectivity index (χ2n) is 6.92. The Morgan fingerprint density at radius 2 is 1.78 bits per heavy atom. The second kappa shape index (κ2) is 5.20. The van der Waals surface area contributed by atoms with Crippen LogP contribution in [0, 0.1) is 0 Å². The summed E-state index contributed by atoms with van der Waals surface area (Å²) in [6.45, 7) is 0.310. The Labute approximate surface area is 155 Å². The number of benzene rings is 3. The maximum Gasteiger partial charge on any atom is 0.360 e. The standard InChI is InChI=1S/C21H17NO5/c1-22-9-15-12(5-6-16-20(15)27-21(23-2)26-16)13-4-3-11-7-17-18(25-10-24-17)8-14(11)19(13)22/h3-8,21H,9-10H2,1-2H3. The van der Waals surface area contributed by atoms with E-state index in [-0.39, 0.29) is 6.79 Å². The summed E-state index contributed by atoms with van der Waals surface area (Å²) < 4.78 is 27.9. The number of anilines is 1. The van der Waals surface area contributed by atoms with Crippen LogP contribution in [0.4, 0.5) is 5.69 Å².